The Morgan fingerprint density at radius 2 is 1.61 bits per heavy atom. The van der Waals surface area contributed by atoms with Crippen LogP contribution in [0.25, 0.3) is 0 Å². The summed E-state index contributed by atoms with van der Waals surface area (Å²) in [7, 11) is -2.79. The van der Waals surface area contributed by atoms with Crippen LogP contribution in [0.4, 0.5) is 10.1 Å². The third-order valence-corrected chi connectivity index (χ3v) is 6.58. The van der Waals surface area contributed by atoms with Crippen molar-refractivity contribution in [3.05, 3.63) is 106 Å². The van der Waals surface area contributed by atoms with Gasteiger partial charge in [0.05, 0.1) is 17.6 Å². The van der Waals surface area contributed by atoms with E-state index in [-0.39, 0.29) is 23.9 Å². The van der Waals surface area contributed by atoms with Gasteiger partial charge in [-0.2, -0.15) is 4.31 Å². The predicted octanol–water partition coefficient (Wildman–Crippen LogP) is 4.31. The number of nitro groups is 1. The van der Waals surface area contributed by atoms with Crippen LogP contribution in [-0.2, 0) is 21.4 Å². The lowest BCUT2D eigenvalue weighted by Gasteiger charge is -2.24. The molecule has 3 aromatic carbocycles. The second-order valence-corrected chi connectivity index (χ2v) is 8.86. The summed E-state index contributed by atoms with van der Waals surface area (Å²) in [5.74, 6) is -0.362. The van der Waals surface area contributed by atoms with E-state index in [1.54, 1.807) is 36.4 Å². The standard InChI is InChI=1S/C22H21FN2O5S/c1-24(31(28,29)22-10-6-5-9-20(22)25(26)27)15-21(18-7-3-2-4-8-18)30-16-17-11-13-19(23)14-12-17/h2-14,21H,15-16H2,1H3. The third kappa shape index (κ3) is 5.52. The molecule has 0 heterocycles. The maximum Gasteiger partial charge on any atom is 0.289 e. The van der Waals surface area contributed by atoms with Crippen LogP contribution in [0.3, 0.4) is 0 Å². The molecule has 162 valence electrons. The number of nitrogens with zero attached hydrogens (tertiary/aromatic N) is 2. The van der Waals surface area contributed by atoms with E-state index in [2.05, 4.69) is 0 Å². The Kier molecular flexibility index (Phi) is 7.11. The lowest BCUT2D eigenvalue weighted by molar-refractivity contribution is -0.387. The van der Waals surface area contributed by atoms with Crippen LogP contribution in [0, 0.1) is 15.9 Å². The molecule has 3 rings (SSSR count). The lowest BCUT2D eigenvalue weighted by Crippen LogP contribution is -2.32. The molecule has 0 aliphatic carbocycles. The molecule has 0 aliphatic heterocycles. The summed E-state index contributed by atoms with van der Waals surface area (Å²) < 4.78 is 46.3. The first-order chi connectivity index (χ1) is 14.8. The summed E-state index contributed by atoms with van der Waals surface area (Å²) in [5, 5.41) is 11.3. The minimum atomic E-state index is -4.14. The lowest BCUT2D eigenvalue weighted by atomic mass is 10.1. The number of likely N-dealkylation sites (N-methyl/N-ethyl adjacent to an activating group) is 1. The van der Waals surface area contributed by atoms with Gasteiger partial charge in [-0.05, 0) is 29.3 Å². The SMILES string of the molecule is CN(CC(OCc1ccc(F)cc1)c1ccccc1)S(=O)(=O)c1ccccc1[N+](=O)[O-]. The largest absolute Gasteiger partial charge is 0.367 e. The Morgan fingerprint density at radius 1 is 1.00 bits per heavy atom. The Labute approximate surface area is 179 Å². The van der Waals surface area contributed by atoms with E-state index in [1.807, 2.05) is 6.07 Å². The predicted molar refractivity (Wildman–Crippen MR) is 113 cm³/mol. The highest BCUT2D eigenvalue weighted by atomic mass is 32.2. The van der Waals surface area contributed by atoms with Gasteiger partial charge < -0.3 is 4.74 Å². The molecular formula is C22H21FN2O5S. The fourth-order valence-electron chi connectivity index (χ4n) is 3.03. The summed E-state index contributed by atoms with van der Waals surface area (Å²) in [5.41, 5.74) is 0.985. The molecule has 0 aliphatic rings. The number of sulfonamides is 1. The smallest absolute Gasteiger partial charge is 0.289 e. The molecule has 9 heteroatoms. The van der Waals surface area contributed by atoms with Gasteiger partial charge in [-0.15, -0.1) is 0 Å². The van der Waals surface area contributed by atoms with E-state index in [4.69, 9.17) is 4.74 Å². The van der Waals surface area contributed by atoms with Crippen molar-refractivity contribution in [2.45, 2.75) is 17.6 Å². The molecule has 0 bridgehead atoms. The average molecular weight is 444 g/mol. The zero-order chi connectivity index (χ0) is 22.4. The van der Waals surface area contributed by atoms with Crippen molar-refractivity contribution in [2.24, 2.45) is 0 Å². The van der Waals surface area contributed by atoms with Gasteiger partial charge in [0.2, 0.25) is 10.0 Å². The van der Waals surface area contributed by atoms with E-state index in [9.17, 15) is 22.9 Å². The number of rotatable bonds is 9. The van der Waals surface area contributed by atoms with Gasteiger partial charge in [0.1, 0.15) is 5.82 Å². The number of hydrogen-bond donors (Lipinski definition) is 0. The third-order valence-electron chi connectivity index (χ3n) is 4.71. The summed E-state index contributed by atoms with van der Waals surface area (Å²) in [6.07, 6.45) is -0.645. The van der Waals surface area contributed by atoms with Crippen LogP contribution < -0.4 is 0 Å². The number of ether oxygens (including phenoxy) is 1. The molecule has 0 fully saturated rings. The van der Waals surface area contributed by atoms with Crippen molar-refractivity contribution in [3.63, 3.8) is 0 Å². The fourth-order valence-corrected chi connectivity index (χ4v) is 4.35. The molecule has 1 atom stereocenters. The van der Waals surface area contributed by atoms with E-state index < -0.39 is 26.7 Å². The number of nitro benzene ring substituents is 1. The van der Waals surface area contributed by atoms with Crippen LogP contribution in [0.15, 0.2) is 83.8 Å². The molecule has 0 spiro atoms. The normalized spacial score (nSPS) is 12.6. The van der Waals surface area contributed by atoms with Crippen molar-refractivity contribution < 1.29 is 22.5 Å². The van der Waals surface area contributed by atoms with Crippen LogP contribution in [0.1, 0.15) is 17.2 Å². The maximum absolute atomic E-state index is 13.1. The van der Waals surface area contributed by atoms with Gasteiger partial charge >= 0.3 is 0 Å². The fraction of sp³-hybridized carbons (Fsp3) is 0.182. The van der Waals surface area contributed by atoms with Gasteiger partial charge in [0.15, 0.2) is 4.90 Å². The molecule has 0 aromatic heterocycles. The van der Waals surface area contributed by atoms with Crippen LogP contribution in [0.5, 0.6) is 0 Å². The highest BCUT2D eigenvalue weighted by Gasteiger charge is 2.31. The second-order valence-electron chi connectivity index (χ2n) is 6.85. The Morgan fingerprint density at radius 3 is 2.26 bits per heavy atom. The molecule has 0 saturated heterocycles. The van der Waals surface area contributed by atoms with E-state index in [1.165, 1.54) is 37.4 Å². The number of para-hydroxylation sites is 1. The van der Waals surface area contributed by atoms with Crippen LogP contribution in [-0.4, -0.2) is 31.2 Å². The second kappa shape index (κ2) is 9.78. The van der Waals surface area contributed by atoms with Gasteiger partial charge in [0, 0.05) is 19.7 Å². The first-order valence-electron chi connectivity index (χ1n) is 9.40. The van der Waals surface area contributed by atoms with E-state index in [0.717, 1.165) is 21.5 Å². The van der Waals surface area contributed by atoms with Crippen molar-refractivity contribution in [1.29, 1.82) is 0 Å². The topological polar surface area (TPSA) is 89.8 Å². The molecule has 0 saturated carbocycles. The van der Waals surface area contributed by atoms with Gasteiger partial charge in [-0.3, -0.25) is 10.1 Å². The average Bonchev–Trinajstić information content (AvgIpc) is 2.78. The van der Waals surface area contributed by atoms with E-state index in [0.29, 0.717) is 0 Å². The number of hydrogen-bond acceptors (Lipinski definition) is 5. The molecule has 0 radical (unpaired) electrons. The number of benzene rings is 3. The van der Waals surface area contributed by atoms with Crippen LogP contribution >= 0.6 is 0 Å². The molecular weight excluding hydrogens is 423 g/mol. The monoisotopic (exact) mass is 444 g/mol. The maximum atomic E-state index is 13.1. The van der Waals surface area contributed by atoms with Crippen LogP contribution in [0.2, 0.25) is 0 Å². The summed E-state index contributed by atoms with van der Waals surface area (Å²) in [4.78, 5) is 10.2. The minimum Gasteiger partial charge on any atom is -0.367 e. The number of halogens is 1. The highest BCUT2D eigenvalue weighted by Crippen LogP contribution is 2.28. The first kappa shape index (κ1) is 22.5. The van der Waals surface area contributed by atoms with Gasteiger partial charge in [-0.25, -0.2) is 12.8 Å². The molecule has 0 N–H and O–H groups in total. The molecule has 31 heavy (non-hydrogen) atoms. The van der Waals surface area contributed by atoms with Crippen molar-refractivity contribution in [1.82, 2.24) is 4.31 Å². The van der Waals surface area contributed by atoms with Crippen molar-refractivity contribution in [2.75, 3.05) is 13.6 Å². The minimum absolute atomic E-state index is 0.0699. The highest BCUT2D eigenvalue weighted by molar-refractivity contribution is 7.89. The molecule has 1 unspecified atom stereocenters. The molecule has 7 nitrogen and oxygen atoms in total. The molecule has 0 amide bonds. The van der Waals surface area contributed by atoms with E-state index >= 15 is 0 Å². The van der Waals surface area contributed by atoms with Crippen molar-refractivity contribution >= 4 is 15.7 Å². The zero-order valence-electron chi connectivity index (χ0n) is 16.7. The Bertz CT molecular complexity index is 1140. The van der Waals surface area contributed by atoms with Gasteiger partial charge in [0.25, 0.3) is 5.69 Å². The zero-order valence-corrected chi connectivity index (χ0v) is 17.5. The summed E-state index contributed by atoms with van der Waals surface area (Å²) in [6.45, 7) is 0.0683. The van der Waals surface area contributed by atoms with Crippen molar-refractivity contribution in [3.8, 4) is 0 Å². The first-order valence-corrected chi connectivity index (χ1v) is 10.8. The quantitative estimate of drug-likeness (QED) is 0.362. The summed E-state index contributed by atoms with van der Waals surface area (Å²) >= 11 is 0. The Balaban J connectivity index is 1.85. The molecule has 3 aromatic rings. The van der Waals surface area contributed by atoms with Gasteiger partial charge in [-0.1, -0.05) is 54.6 Å². The Hall–Kier alpha value is -3.14. The summed E-state index contributed by atoms with van der Waals surface area (Å²) in [6, 6.07) is 20.1.